The van der Waals surface area contributed by atoms with Crippen LogP contribution in [0.3, 0.4) is 0 Å². The lowest BCUT2D eigenvalue weighted by Crippen LogP contribution is -2.17. The first-order valence-corrected chi connectivity index (χ1v) is 6.49. The molecule has 0 aliphatic heterocycles. The smallest absolute Gasteiger partial charge is 0.271 e. The van der Waals surface area contributed by atoms with Gasteiger partial charge >= 0.3 is 0 Å². The van der Waals surface area contributed by atoms with Crippen LogP contribution < -0.4 is 14.9 Å². The molecular formula is C16H16N2O4. The fourth-order valence-electron chi connectivity index (χ4n) is 1.81. The molecule has 2 rings (SSSR count). The Bertz CT molecular complexity index is 659. The van der Waals surface area contributed by atoms with Gasteiger partial charge in [0.15, 0.2) is 11.5 Å². The monoisotopic (exact) mass is 300 g/mol. The van der Waals surface area contributed by atoms with E-state index < -0.39 is 0 Å². The number of amides is 1. The lowest BCUT2D eigenvalue weighted by atomic mass is 10.2. The predicted molar refractivity (Wildman–Crippen MR) is 82.7 cm³/mol. The highest BCUT2D eigenvalue weighted by Crippen LogP contribution is 2.36. The maximum atomic E-state index is 11.8. The summed E-state index contributed by atoms with van der Waals surface area (Å²) in [6, 6.07) is 11.9. The van der Waals surface area contributed by atoms with Crippen molar-refractivity contribution in [2.45, 2.75) is 0 Å². The minimum absolute atomic E-state index is 0.0875. The summed E-state index contributed by atoms with van der Waals surface area (Å²) in [5.41, 5.74) is 3.55. The Morgan fingerprint density at radius 3 is 2.27 bits per heavy atom. The van der Waals surface area contributed by atoms with Crippen LogP contribution in [0.2, 0.25) is 0 Å². The molecule has 0 aliphatic carbocycles. The minimum atomic E-state index is -0.311. The van der Waals surface area contributed by atoms with Crippen molar-refractivity contribution in [3.63, 3.8) is 0 Å². The van der Waals surface area contributed by atoms with Gasteiger partial charge < -0.3 is 14.6 Å². The molecule has 0 radical (unpaired) electrons. The van der Waals surface area contributed by atoms with Gasteiger partial charge in [0.05, 0.1) is 20.4 Å². The molecule has 2 aromatic carbocycles. The highest BCUT2D eigenvalue weighted by Gasteiger charge is 2.10. The summed E-state index contributed by atoms with van der Waals surface area (Å²) >= 11 is 0. The molecule has 22 heavy (non-hydrogen) atoms. The van der Waals surface area contributed by atoms with Gasteiger partial charge in [0.25, 0.3) is 5.91 Å². The number of carbonyl (C=O) groups is 1. The van der Waals surface area contributed by atoms with Crippen LogP contribution in [0.5, 0.6) is 17.2 Å². The Morgan fingerprint density at radius 2 is 1.73 bits per heavy atom. The maximum Gasteiger partial charge on any atom is 0.271 e. The van der Waals surface area contributed by atoms with Gasteiger partial charge in [0.2, 0.25) is 5.75 Å². The quantitative estimate of drug-likeness (QED) is 0.655. The lowest BCUT2D eigenvalue weighted by molar-refractivity contribution is 0.0955. The number of phenols is 1. The first kappa shape index (κ1) is 15.4. The molecule has 0 spiro atoms. The number of ether oxygens (including phenoxy) is 2. The van der Waals surface area contributed by atoms with Crippen molar-refractivity contribution in [2.75, 3.05) is 14.2 Å². The second-order valence-corrected chi connectivity index (χ2v) is 4.34. The highest BCUT2D eigenvalue weighted by molar-refractivity contribution is 5.94. The van der Waals surface area contributed by atoms with Crippen molar-refractivity contribution in [2.24, 2.45) is 5.10 Å². The molecule has 0 atom stereocenters. The molecule has 0 aliphatic rings. The second kappa shape index (κ2) is 7.12. The zero-order valence-corrected chi connectivity index (χ0v) is 12.2. The molecule has 6 heteroatoms. The molecular weight excluding hydrogens is 284 g/mol. The molecule has 6 nitrogen and oxygen atoms in total. The first-order chi connectivity index (χ1) is 10.7. The standard InChI is InChI=1S/C16H16N2O4/c1-21-13-8-11(9-14(22-2)15(13)19)10-17-18-16(20)12-6-4-3-5-7-12/h3-10,19H,1-2H3,(H,18,20)/b17-10+. The Morgan fingerprint density at radius 1 is 1.14 bits per heavy atom. The van der Waals surface area contributed by atoms with Crippen LogP contribution in [-0.2, 0) is 0 Å². The van der Waals surface area contributed by atoms with E-state index in [0.717, 1.165) is 0 Å². The molecule has 0 bridgehead atoms. The summed E-state index contributed by atoms with van der Waals surface area (Å²) < 4.78 is 10.1. The van der Waals surface area contributed by atoms with Crippen molar-refractivity contribution < 1.29 is 19.4 Å². The van der Waals surface area contributed by atoms with Gasteiger partial charge in [0.1, 0.15) is 0 Å². The van der Waals surface area contributed by atoms with Gasteiger partial charge in [-0.15, -0.1) is 0 Å². The predicted octanol–water partition coefficient (Wildman–Crippen LogP) is 2.17. The van der Waals surface area contributed by atoms with E-state index in [1.807, 2.05) is 6.07 Å². The van der Waals surface area contributed by atoms with Crippen LogP contribution in [0, 0.1) is 0 Å². The fourth-order valence-corrected chi connectivity index (χ4v) is 1.81. The third-order valence-electron chi connectivity index (χ3n) is 2.92. The van der Waals surface area contributed by atoms with Crippen molar-refractivity contribution in [1.82, 2.24) is 5.43 Å². The van der Waals surface area contributed by atoms with E-state index in [0.29, 0.717) is 11.1 Å². The first-order valence-electron chi connectivity index (χ1n) is 6.49. The topological polar surface area (TPSA) is 80.2 Å². The van der Waals surface area contributed by atoms with Gasteiger partial charge in [-0.25, -0.2) is 5.43 Å². The highest BCUT2D eigenvalue weighted by atomic mass is 16.5. The fraction of sp³-hybridized carbons (Fsp3) is 0.125. The zero-order valence-electron chi connectivity index (χ0n) is 12.2. The summed E-state index contributed by atoms with van der Waals surface area (Å²) in [6.07, 6.45) is 1.44. The number of nitrogens with zero attached hydrogens (tertiary/aromatic N) is 1. The lowest BCUT2D eigenvalue weighted by Gasteiger charge is -2.09. The number of aromatic hydroxyl groups is 1. The van der Waals surface area contributed by atoms with Crippen LogP contribution in [0.25, 0.3) is 0 Å². The molecule has 1 amide bonds. The van der Waals surface area contributed by atoms with E-state index in [2.05, 4.69) is 10.5 Å². The van der Waals surface area contributed by atoms with Gasteiger partial charge in [-0.2, -0.15) is 5.10 Å². The van der Waals surface area contributed by atoms with Crippen LogP contribution in [0.15, 0.2) is 47.6 Å². The minimum Gasteiger partial charge on any atom is -0.502 e. The number of carbonyl (C=O) groups excluding carboxylic acids is 1. The number of methoxy groups -OCH3 is 2. The van der Waals surface area contributed by atoms with Crippen LogP contribution in [0.4, 0.5) is 0 Å². The average molecular weight is 300 g/mol. The van der Waals surface area contributed by atoms with Gasteiger partial charge in [-0.1, -0.05) is 18.2 Å². The van der Waals surface area contributed by atoms with Gasteiger partial charge in [0, 0.05) is 11.1 Å². The molecule has 0 heterocycles. The Hall–Kier alpha value is -3.02. The number of hydrogen-bond acceptors (Lipinski definition) is 5. The van der Waals surface area contributed by atoms with Crippen molar-refractivity contribution in [3.8, 4) is 17.2 Å². The average Bonchev–Trinajstić information content (AvgIpc) is 2.56. The summed E-state index contributed by atoms with van der Waals surface area (Å²) in [4.78, 5) is 11.8. The summed E-state index contributed by atoms with van der Waals surface area (Å²) in [5, 5.41) is 13.7. The third-order valence-corrected chi connectivity index (χ3v) is 2.92. The van der Waals surface area contributed by atoms with Crippen LogP contribution in [0.1, 0.15) is 15.9 Å². The van der Waals surface area contributed by atoms with E-state index in [1.54, 1.807) is 36.4 Å². The molecule has 0 saturated carbocycles. The van der Waals surface area contributed by atoms with Crippen molar-refractivity contribution in [1.29, 1.82) is 0 Å². The molecule has 0 aromatic heterocycles. The van der Waals surface area contributed by atoms with E-state index in [9.17, 15) is 9.90 Å². The number of nitrogens with one attached hydrogen (secondary N) is 1. The molecule has 2 aromatic rings. The number of benzene rings is 2. The summed E-state index contributed by atoms with van der Waals surface area (Å²) in [6.45, 7) is 0. The van der Waals surface area contributed by atoms with E-state index in [-0.39, 0.29) is 23.2 Å². The summed E-state index contributed by atoms with van der Waals surface area (Å²) in [5.74, 6) is 0.121. The van der Waals surface area contributed by atoms with E-state index >= 15 is 0 Å². The maximum absolute atomic E-state index is 11.8. The molecule has 0 unspecified atom stereocenters. The SMILES string of the molecule is COc1cc(/C=N/NC(=O)c2ccccc2)cc(OC)c1O. The number of hydrogen-bond donors (Lipinski definition) is 2. The molecule has 114 valence electrons. The number of rotatable bonds is 5. The Labute approximate surface area is 128 Å². The van der Waals surface area contributed by atoms with Gasteiger partial charge in [-0.05, 0) is 24.3 Å². The summed E-state index contributed by atoms with van der Waals surface area (Å²) in [7, 11) is 2.87. The van der Waals surface area contributed by atoms with E-state index in [1.165, 1.54) is 20.4 Å². The normalized spacial score (nSPS) is 10.5. The largest absolute Gasteiger partial charge is 0.502 e. The van der Waals surface area contributed by atoms with Crippen LogP contribution in [-0.4, -0.2) is 31.4 Å². The number of phenolic OH excluding ortho intramolecular Hbond substituents is 1. The Balaban J connectivity index is 2.12. The van der Waals surface area contributed by atoms with Crippen molar-refractivity contribution >= 4 is 12.1 Å². The van der Waals surface area contributed by atoms with Crippen LogP contribution >= 0.6 is 0 Å². The zero-order chi connectivity index (χ0) is 15.9. The number of hydrazone groups is 1. The third kappa shape index (κ3) is 3.54. The van der Waals surface area contributed by atoms with Gasteiger partial charge in [-0.3, -0.25) is 4.79 Å². The molecule has 0 saturated heterocycles. The van der Waals surface area contributed by atoms with Crippen molar-refractivity contribution in [3.05, 3.63) is 53.6 Å². The second-order valence-electron chi connectivity index (χ2n) is 4.34. The molecule has 2 N–H and O–H groups in total. The Kier molecular flexibility index (Phi) is 4.98. The molecule has 0 fully saturated rings. The van der Waals surface area contributed by atoms with E-state index in [4.69, 9.17) is 9.47 Å².